The average molecular weight is 633 g/mol. The number of hydrogen-bond acceptors (Lipinski definition) is 9. The maximum absolute atomic E-state index is 12.7. The number of rotatable bonds is 12. The third-order valence-corrected chi connectivity index (χ3v) is 10.7. The Bertz CT molecular complexity index is 1480. The molecule has 0 saturated heterocycles. The van der Waals surface area contributed by atoms with Crippen molar-refractivity contribution in [1.82, 2.24) is 10.2 Å². The molecule has 5 rings (SSSR count). The summed E-state index contributed by atoms with van der Waals surface area (Å²) in [6.07, 6.45) is 0. The Kier molecular flexibility index (Phi) is 10.8. The topological polar surface area (TPSA) is 84.0 Å². The molecule has 11 heteroatoms. The van der Waals surface area contributed by atoms with Crippen molar-refractivity contribution in [3.63, 3.8) is 0 Å². The fraction of sp³-hybridized carbons (Fsp3) is 0.0667. The lowest BCUT2D eigenvalue weighted by Gasteiger charge is -2.10. The first kappa shape index (κ1) is 29.3. The molecule has 6 nitrogen and oxygen atoms in total. The highest BCUT2D eigenvalue weighted by Gasteiger charge is 2.13. The molecule has 41 heavy (non-hydrogen) atoms. The minimum atomic E-state index is -0.119. The van der Waals surface area contributed by atoms with Crippen LogP contribution in [0.5, 0.6) is 0 Å². The standard InChI is InChI=1S/C30H24N4O2S5/c35-27(31-23-15-7-9-17-25(23)39-21-11-3-1-4-12-21)19-37-29-33-34-30(41-29)38-20-28(36)32-24-16-8-10-18-26(24)40-22-13-5-2-6-14-22/h1-18H,19-20H2,(H,31,35)(H,32,36). The highest BCUT2D eigenvalue weighted by atomic mass is 32.2. The zero-order valence-electron chi connectivity index (χ0n) is 21.6. The molecule has 2 amide bonds. The molecular formula is C30H24N4O2S5. The molecule has 0 spiro atoms. The minimum Gasteiger partial charge on any atom is -0.324 e. The van der Waals surface area contributed by atoms with E-state index in [0.717, 1.165) is 31.0 Å². The second kappa shape index (κ2) is 15.1. The molecule has 4 aromatic carbocycles. The Morgan fingerprint density at radius 2 is 0.951 bits per heavy atom. The number of carbonyl (C=O) groups is 2. The number of hydrogen-bond donors (Lipinski definition) is 2. The lowest BCUT2D eigenvalue weighted by Crippen LogP contribution is -2.14. The first-order chi connectivity index (χ1) is 20.1. The van der Waals surface area contributed by atoms with E-state index in [4.69, 9.17) is 0 Å². The summed E-state index contributed by atoms with van der Waals surface area (Å²) in [4.78, 5) is 29.5. The summed E-state index contributed by atoms with van der Waals surface area (Å²) in [5.41, 5.74) is 1.55. The summed E-state index contributed by atoms with van der Waals surface area (Å²) >= 11 is 7.24. The average Bonchev–Trinajstić information content (AvgIpc) is 3.46. The lowest BCUT2D eigenvalue weighted by atomic mass is 10.3. The number of para-hydroxylation sites is 2. The molecular weight excluding hydrogens is 609 g/mol. The van der Waals surface area contributed by atoms with Crippen molar-refractivity contribution >= 4 is 81.6 Å². The van der Waals surface area contributed by atoms with E-state index < -0.39 is 0 Å². The molecule has 0 aliphatic carbocycles. The second-order valence-corrected chi connectivity index (χ2v) is 14.0. The molecule has 0 aliphatic heterocycles. The molecule has 0 bridgehead atoms. The van der Waals surface area contributed by atoms with Crippen molar-refractivity contribution in [1.29, 1.82) is 0 Å². The normalized spacial score (nSPS) is 10.7. The maximum atomic E-state index is 12.7. The SMILES string of the molecule is O=C(CSc1nnc(SCC(=O)Nc2ccccc2Sc2ccccc2)s1)Nc1ccccc1Sc1ccccc1. The molecule has 1 heterocycles. The van der Waals surface area contributed by atoms with E-state index in [1.807, 2.05) is 109 Å². The summed E-state index contributed by atoms with van der Waals surface area (Å²) in [7, 11) is 0. The Morgan fingerprint density at radius 3 is 1.39 bits per heavy atom. The lowest BCUT2D eigenvalue weighted by molar-refractivity contribution is -0.114. The van der Waals surface area contributed by atoms with Crippen LogP contribution >= 0.6 is 58.4 Å². The molecule has 0 atom stereocenters. The van der Waals surface area contributed by atoms with Gasteiger partial charge in [-0.05, 0) is 48.5 Å². The van der Waals surface area contributed by atoms with Crippen LogP contribution in [0.2, 0.25) is 0 Å². The number of nitrogens with one attached hydrogen (secondary N) is 2. The maximum Gasteiger partial charge on any atom is 0.234 e. The summed E-state index contributed by atoms with van der Waals surface area (Å²) in [5, 5.41) is 14.4. The Labute approximate surface area is 259 Å². The largest absolute Gasteiger partial charge is 0.324 e. The van der Waals surface area contributed by atoms with Gasteiger partial charge in [0.05, 0.1) is 22.9 Å². The highest BCUT2D eigenvalue weighted by Crippen LogP contribution is 2.35. The van der Waals surface area contributed by atoms with Gasteiger partial charge in [-0.3, -0.25) is 9.59 Å². The first-order valence-corrected chi connectivity index (χ1v) is 16.9. The molecule has 0 unspecified atom stereocenters. The fourth-order valence-electron chi connectivity index (χ4n) is 3.49. The van der Waals surface area contributed by atoms with Crippen LogP contribution in [0, 0.1) is 0 Å². The monoisotopic (exact) mass is 632 g/mol. The van der Waals surface area contributed by atoms with Gasteiger partial charge in [-0.25, -0.2) is 0 Å². The number of anilines is 2. The second-order valence-electron chi connectivity index (χ2n) is 8.33. The van der Waals surface area contributed by atoms with E-state index in [9.17, 15) is 9.59 Å². The van der Waals surface area contributed by atoms with Crippen LogP contribution in [-0.2, 0) is 9.59 Å². The van der Waals surface area contributed by atoms with Gasteiger partial charge in [0.25, 0.3) is 0 Å². The molecule has 0 aliphatic rings. The van der Waals surface area contributed by atoms with Crippen LogP contribution in [0.15, 0.2) is 137 Å². The molecule has 5 aromatic rings. The zero-order chi connectivity index (χ0) is 28.3. The molecule has 0 radical (unpaired) electrons. The van der Waals surface area contributed by atoms with Crippen LogP contribution < -0.4 is 10.6 Å². The zero-order valence-corrected chi connectivity index (χ0v) is 25.6. The van der Waals surface area contributed by atoms with Gasteiger partial charge in [-0.2, -0.15) is 0 Å². The summed E-state index contributed by atoms with van der Waals surface area (Å²) in [5.74, 6) is 0.179. The predicted molar refractivity (Wildman–Crippen MR) is 173 cm³/mol. The van der Waals surface area contributed by atoms with Crippen LogP contribution in [0.3, 0.4) is 0 Å². The summed E-state index contributed by atoms with van der Waals surface area (Å²) in [6, 6.07) is 35.6. The molecule has 1 aromatic heterocycles. The van der Waals surface area contributed by atoms with Gasteiger partial charge in [-0.1, -0.05) is 119 Å². The van der Waals surface area contributed by atoms with Crippen molar-refractivity contribution in [2.75, 3.05) is 22.1 Å². The van der Waals surface area contributed by atoms with E-state index in [-0.39, 0.29) is 23.3 Å². The number of amides is 2. The number of benzene rings is 4. The van der Waals surface area contributed by atoms with Gasteiger partial charge in [0, 0.05) is 19.6 Å². The van der Waals surface area contributed by atoms with E-state index in [1.54, 1.807) is 23.5 Å². The van der Waals surface area contributed by atoms with Gasteiger partial charge in [0.2, 0.25) is 11.8 Å². The summed E-state index contributed by atoms with van der Waals surface area (Å²) < 4.78 is 1.36. The number of aromatic nitrogens is 2. The van der Waals surface area contributed by atoms with Crippen molar-refractivity contribution < 1.29 is 9.59 Å². The van der Waals surface area contributed by atoms with Crippen LogP contribution in [0.1, 0.15) is 0 Å². The Balaban J connectivity index is 1.09. The fourth-order valence-corrected chi connectivity index (χ4v) is 7.96. The summed E-state index contributed by atoms with van der Waals surface area (Å²) in [6.45, 7) is 0. The van der Waals surface area contributed by atoms with E-state index >= 15 is 0 Å². The smallest absolute Gasteiger partial charge is 0.234 e. The molecule has 2 N–H and O–H groups in total. The van der Waals surface area contributed by atoms with Crippen molar-refractivity contribution in [2.45, 2.75) is 28.3 Å². The van der Waals surface area contributed by atoms with Crippen LogP contribution in [0.25, 0.3) is 0 Å². The Morgan fingerprint density at radius 1 is 0.561 bits per heavy atom. The third-order valence-electron chi connectivity index (χ3n) is 5.31. The van der Waals surface area contributed by atoms with Gasteiger partial charge in [-0.15, -0.1) is 10.2 Å². The highest BCUT2D eigenvalue weighted by molar-refractivity contribution is 8.03. The van der Waals surface area contributed by atoms with Crippen LogP contribution in [0.4, 0.5) is 11.4 Å². The Hall–Kier alpha value is -3.22. The minimum absolute atomic E-state index is 0.119. The van der Waals surface area contributed by atoms with Gasteiger partial charge < -0.3 is 10.6 Å². The van der Waals surface area contributed by atoms with Crippen molar-refractivity contribution in [3.05, 3.63) is 109 Å². The van der Waals surface area contributed by atoms with Crippen LogP contribution in [-0.4, -0.2) is 33.5 Å². The van der Waals surface area contributed by atoms with Gasteiger partial charge in [0.1, 0.15) is 0 Å². The van der Waals surface area contributed by atoms with Gasteiger partial charge in [0.15, 0.2) is 8.68 Å². The molecule has 0 fully saturated rings. The quantitative estimate of drug-likeness (QED) is 0.133. The number of thioether (sulfide) groups is 2. The molecule has 206 valence electrons. The number of carbonyl (C=O) groups excluding carboxylic acids is 2. The molecule has 0 saturated carbocycles. The first-order valence-electron chi connectivity index (χ1n) is 12.4. The van der Waals surface area contributed by atoms with E-state index in [2.05, 4.69) is 20.8 Å². The van der Waals surface area contributed by atoms with Gasteiger partial charge >= 0.3 is 0 Å². The number of nitrogens with zero attached hydrogens (tertiary/aromatic N) is 2. The van der Waals surface area contributed by atoms with E-state index in [1.165, 1.54) is 34.9 Å². The van der Waals surface area contributed by atoms with Crippen molar-refractivity contribution in [2.24, 2.45) is 0 Å². The predicted octanol–water partition coefficient (Wildman–Crippen LogP) is 8.30. The third kappa shape index (κ3) is 9.14. The van der Waals surface area contributed by atoms with Crippen molar-refractivity contribution in [3.8, 4) is 0 Å². The van der Waals surface area contributed by atoms with E-state index in [0.29, 0.717) is 8.68 Å².